The highest BCUT2D eigenvalue weighted by Crippen LogP contribution is 2.21. The van der Waals surface area contributed by atoms with E-state index in [2.05, 4.69) is 59.5 Å². The zero-order valence-corrected chi connectivity index (χ0v) is 24.0. The molecule has 0 amide bonds. The van der Waals surface area contributed by atoms with E-state index in [1.165, 1.54) is 11.1 Å². The highest BCUT2D eigenvalue weighted by atomic mass is 16.5. The van der Waals surface area contributed by atoms with Gasteiger partial charge >= 0.3 is 11.9 Å². The number of benzene rings is 4. The van der Waals surface area contributed by atoms with Crippen LogP contribution < -0.4 is 4.74 Å². The van der Waals surface area contributed by atoms with Crippen LogP contribution in [0, 0.1) is 0 Å². The lowest BCUT2D eigenvalue weighted by atomic mass is 10.0. The summed E-state index contributed by atoms with van der Waals surface area (Å²) in [6.07, 6.45) is 4.36. The van der Waals surface area contributed by atoms with Crippen LogP contribution in [0.1, 0.15) is 57.4 Å². The number of hydrogen-bond donors (Lipinski definition) is 2. The first-order chi connectivity index (χ1) is 20.5. The summed E-state index contributed by atoms with van der Waals surface area (Å²) in [4.78, 5) is 24.5. The molecule has 4 aromatic carbocycles. The number of rotatable bonds is 17. The van der Waals surface area contributed by atoms with Gasteiger partial charge in [0.15, 0.2) is 0 Å². The van der Waals surface area contributed by atoms with Gasteiger partial charge in [-0.15, -0.1) is 0 Å². The van der Waals surface area contributed by atoms with E-state index < -0.39 is 11.9 Å². The first kappa shape index (κ1) is 30.5. The fraction of sp³-hybridized carbons (Fsp3) is 0.278. The standard InChI is InChI=1S/C36H39NO5/c38-35(39)12-6-7-24-37(26-30-19-21-33(22-20-30)36(40)41)25-23-32-10-4-5-11-34(32)42-27-31-17-15-29(16-18-31)14-13-28-8-2-1-3-9-28/h1-5,8-11,15-22H,6-7,12-14,23-27H2,(H,38,39)(H,40,41)/i25+1,26+1,37+1. The maximum absolute atomic E-state index is 11.2. The van der Waals surface area contributed by atoms with Crippen LogP contribution in [0.3, 0.4) is 0 Å². The minimum Gasteiger partial charge on any atom is -0.489 e. The predicted octanol–water partition coefficient (Wildman–Crippen LogP) is 7.05. The molecule has 6 heteroatoms. The maximum atomic E-state index is 11.2. The van der Waals surface area contributed by atoms with E-state index in [0.29, 0.717) is 19.6 Å². The number of aryl methyl sites for hydroxylation is 2. The van der Waals surface area contributed by atoms with Crippen LogP contribution in [0.15, 0.2) is 103 Å². The number of ether oxygens (including phenoxy) is 1. The molecule has 0 aliphatic heterocycles. The summed E-state index contributed by atoms with van der Waals surface area (Å²) in [7, 11) is 0. The van der Waals surface area contributed by atoms with Crippen molar-refractivity contribution in [2.75, 3.05) is 13.1 Å². The van der Waals surface area contributed by atoms with Crippen LogP contribution in [0.5, 0.6) is 5.75 Å². The lowest BCUT2D eigenvalue weighted by Gasteiger charge is -2.23. The van der Waals surface area contributed by atoms with Crippen LogP contribution >= 0.6 is 0 Å². The lowest BCUT2D eigenvalue weighted by molar-refractivity contribution is -0.137. The van der Waals surface area contributed by atoms with Gasteiger partial charge in [0.2, 0.25) is 0 Å². The molecule has 0 bridgehead atoms. The average Bonchev–Trinajstić information content (AvgIpc) is 3.01. The summed E-state index contributed by atoms with van der Waals surface area (Å²) in [5, 5.41) is 18.2. The Labute approximate surface area is 248 Å². The number of hydrogen-bond acceptors (Lipinski definition) is 4. The zero-order chi connectivity index (χ0) is 29.6. The molecule has 0 unspecified atom stereocenters. The molecule has 42 heavy (non-hydrogen) atoms. The van der Waals surface area contributed by atoms with Gasteiger partial charge in [0, 0.05) is 19.5 Å². The quantitative estimate of drug-likeness (QED) is 0.0807. The number of unbranched alkanes of at least 4 members (excludes halogenated alkanes) is 1. The van der Waals surface area contributed by atoms with Crippen molar-refractivity contribution in [2.24, 2.45) is 0 Å². The molecule has 0 aromatic heterocycles. The predicted molar refractivity (Wildman–Crippen MR) is 165 cm³/mol. The SMILES string of the molecule is O=C(O)CCCC[15N]([13CH2]Cc1ccccc1OCc1ccc(CCc2ccccc2)cc1)[13CH2]c1ccc(C(=O)O)cc1. The molecule has 0 saturated carbocycles. The second kappa shape index (κ2) is 16.1. The molecule has 2 N–H and O–H groups in total. The fourth-order valence-electron chi connectivity index (χ4n) is 4.92. The Morgan fingerprint density at radius 2 is 1.24 bits per heavy atom. The normalized spacial score (nSPS) is 11.0. The molecule has 0 aliphatic carbocycles. The third kappa shape index (κ3) is 10.2. The Morgan fingerprint density at radius 1 is 0.619 bits per heavy atom. The summed E-state index contributed by atoms with van der Waals surface area (Å²) in [5.74, 6) is -0.858. The van der Waals surface area contributed by atoms with E-state index in [1.807, 2.05) is 36.4 Å². The first-order valence-corrected chi connectivity index (χ1v) is 14.5. The van der Waals surface area contributed by atoms with Gasteiger partial charge in [-0.2, -0.15) is 0 Å². The van der Waals surface area contributed by atoms with Gasteiger partial charge in [-0.1, -0.05) is 84.9 Å². The lowest BCUT2D eigenvalue weighted by Crippen LogP contribution is -2.27. The Bertz CT molecular complexity index is 1400. The van der Waals surface area contributed by atoms with Crippen molar-refractivity contribution in [3.8, 4) is 5.75 Å². The molecule has 4 rings (SSSR count). The summed E-state index contributed by atoms with van der Waals surface area (Å²) < 4.78 is 6.26. The van der Waals surface area contributed by atoms with Crippen molar-refractivity contribution in [2.45, 2.75) is 51.7 Å². The summed E-state index contributed by atoms with van der Waals surface area (Å²) in [6, 6.07) is 34.2. The number of aliphatic carboxylic acids is 1. The number of carbonyl (C=O) groups is 2. The van der Waals surface area contributed by atoms with Crippen LogP contribution in [0.4, 0.5) is 0 Å². The Hall–Kier alpha value is -4.42. The Morgan fingerprint density at radius 3 is 1.93 bits per heavy atom. The first-order valence-electron chi connectivity index (χ1n) is 14.5. The molecule has 0 atom stereocenters. The third-order valence-electron chi connectivity index (χ3n) is 7.35. The molecule has 6 nitrogen and oxygen atoms in total. The van der Waals surface area contributed by atoms with Gasteiger partial charge in [-0.05, 0) is 84.7 Å². The van der Waals surface area contributed by atoms with Crippen molar-refractivity contribution in [1.82, 2.24) is 4.90 Å². The highest BCUT2D eigenvalue weighted by Gasteiger charge is 2.11. The van der Waals surface area contributed by atoms with Crippen molar-refractivity contribution in [1.29, 1.82) is 0 Å². The van der Waals surface area contributed by atoms with E-state index in [4.69, 9.17) is 9.84 Å². The highest BCUT2D eigenvalue weighted by molar-refractivity contribution is 5.87. The summed E-state index contributed by atoms with van der Waals surface area (Å²) in [5.41, 5.74) is 6.18. The molecular formula is C36H39NO5. The fourth-order valence-corrected chi connectivity index (χ4v) is 4.92. The number of carboxylic acid groups (broad SMARTS) is 2. The molecular weight excluding hydrogens is 529 g/mol. The summed E-state index contributed by atoms with van der Waals surface area (Å²) in [6.45, 7) is 2.68. The molecule has 218 valence electrons. The van der Waals surface area contributed by atoms with Crippen molar-refractivity contribution in [3.05, 3.63) is 137 Å². The van der Waals surface area contributed by atoms with Crippen LogP contribution in [-0.4, -0.2) is 40.1 Å². The van der Waals surface area contributed by atoms with Crippen molar-refractivity contribution in [3.63, 3.8) is 0 Å². The smallest absolute Gasteiger partial charge is 0.335 e. The largest absolute Gasteiger partial charge is 0.489 e. The third-order valence-corrected chi connectivity index (χ3v) is 7.35. The number of carboxylic acids is 2. The van der Waals surface area contributed by atoms with Gasteiger partial charge in [-0.25, -0.2) is 4.79 Å². The molecule has 0 radical (unpaired) electrons. The van der Waals surface area contributed by atoms with E-state index >= 15 is 0 Å². The Kier molecular flexibility index (Phi) is 11.7. The van der Waals surface area contributed by atoms with Gasteiger partial charge in [-0.3, -0.25) is 9.69 Å². The molecule has 0 saturated heterocycles. The van der Waals surface area contributed by atoms with Crippen molar-refractivity contribution >= 4 is 11.9 Å². The number of aromatic carboxylic acids is 1. The maximum Gasteiger partial charge on any atom is 0.335 e. The molecule has 4 aromatic rings. The van der Waals surface area contributed by atoms with Gasteiger partial charge in [0.1, 0.15) is 12.4 Å². The average molecular weight is 569 g/mol. The van der Waals surface area contributed by atoms with Gasteiger partial charge in [0.05, 0.1) is 5.56 Å². The van der Waals surface area contributed by atoms with E-state index in [0.717, 1.165) is 61.2 Å². The molecule has 0 heterocycles. The monoisotopic (exact) mass is 568 g/mol. The van der Waals surface area contributed by atoms with E-state index in [-0.39, 0.29) is 12.0 Å². The minimum absolute atomic E-state index is 0.159. The van der Waals surface area contributed by atoms with Crippen LogP contribution in [0.25, 0.3) is 0 Å². The molecule has 0 fully saturated rings. The Balaban J connectivity index is 1.33. The zero-order valence-electron chi connectivity index (χ0n) is 24.0. The van der Waals surface area contributed by atoms with E-state index in [9.17, 15) is 14.7 Å². The van der Waals surface area contributed by atoms with Gasteiger partial charge < -0.3 is 14.9 Å². The summed E-state index contributed by atoms with van der Waals surface area (Å²) >= 11 is 0. The minimum atomic E-state index is -0.942. The molecule has 0 spiro atoms. The van der Waals surface area contributed by atoms with Crippen molar-refractivity contribution < 1.29 is 24.5 Å². The van der Waals surface area contributed by atoms with Crippen LogP contribution in [0.2, 0.25) is 0 Å². The van der Waals surface area contributed by atoms with Gasteiger partial charge in [0.25, 0.3) is 0 Å². The number of nitrogens with zero attached hydrogens (tertiary/aromatic N) is 1. The molecule has 0 aliphatic rings. The second-order valence-electron chi connectivity index (χ2n) is 10.6. The van der Waals surface area contributed by atoms with E-state index in [1.54, 1.807) is 12.1 Å². The second-order valence-corrected chi connectivity index (χ2v) is 10.6. The van der Waals surface area contributed by atoms with Crippen LogP contribution in [-0.2, 0) is 37.2 Å². The number of para-hydroxylation sites is 1. The topological polar surface area (TPSA) is 87.1 Å².